The van der Waals surface area contributed by atoms with Crippen LogP contribution in [-0.4, -0.2) is 150 Å². The number of unbranched alkanes of at least 4 members (excludes halogenated alkanes) is 2. The topological polar surface area (TPSA) is 200 Å². The van der Waals surface area contributed by atoms with Crippen molar-refractivity contribution in [1.29, 1.82) is 0 Å². The minimum absolute atomic E-state index is 0.0636. The van der Waals surface area contributed by atoms with Crippen molar-refractivity contribution in [3.63, 3.8) is 0 Å². The molecule has 9 atom stereocenters. The highest BCUT2D eigenvalue weighted by molar-refractivity contribution is 9.12. The number of aliphatic carboxylic acids is 1. The smallest absolute Gasteiger partial charge is 0.326 e. The van der Waals surface area contributed by atoms with Gasteiger partial charge in [-0.3, -0.25) is 38.5 Å². The first-order chi connectivity index (χ1) is 31.6. The number of imide groups is 1. The first-order valence-electron chi connectivity index (χ1n) is 23.8. The van der Waals surface area contributed by atoms with Gasteiger partial charge in [0, 0.05) is 72.7 Å². The van der Waals surface area contributed by atoms with Crippen molar-refractivity contribution < 1.29 is 52.9 Å². The van der Waals surface area contributed by atoms with Crippen LogP contribution in [0.25, 0.3) is 0 Å². The first kappa shape index (κ1) is 56.8. The highest BCUT2D eigenvalue weighted by Gasteiger charge is 2.44. The molecule has 0 saturated carbocycles. The van der Waals surface area contributed by atoms with Gasteiger partial charge >= 0.3 is 5.97 Å². The second kappa shape index (κ2) is 26.9. The molecular weight excluding hydrogens is 926 g/mol. The number of carboxylic acid groups (broad SMARTS) is 1. The lowest BCUT2D eigenvalue weighted by molar-refractivity contribution is -0.150. The summed E-state index contributed by atoms with van der Waals surface area (Å²) in [5.41, 5.74) is 0.765. The van der Waals surface area contributed by atoms with Gasteiger partial charge in [0.15, 0.2) is 5.78 Å². The molecule has 1 fully saturated rings. The monoisotopic (exact) mass is 1000 g/mol. The average Bonchev–Trinajstić information content (AvgIpc) is 3.87. The van der Waals surface area contributed by atoms with Gasteiger partial charge < -0.3 is 34.6 Å². The second-order valence-corrected chi connectivity index (χ2v) is 19.8. The zero-order chi connectivity index (χ0) is 50.3. The fraction of sp³-hybridized carbons (Fsp3) is 0.680. The Balaban J connectivity index is 1.71. The maximum absolute atomic E-state index is 14.6. The van der Waals surface area contributed by atoms with Crippen LogP contribution in [0.5, 0.6) is 0 Å². The van der Waals surface area contributed by atoms with Crippen molar-refractivity contribution in [1.82, 2.24) is 24.9 Å². The van der Waals surface area contributed by atoms with Crippen LogP contribution in [0.2, 0.25) is 0 Å². The Bertz CT molecular complexity index is 1910. The van der Waals surface area contributed by atoms with Gasteiger partial charge in [-0.25, -0.2) is 4.79 Å². The number of nitrogens with zero attached hydrogens (tertiary/aromatic N) is 4. The molecule has 0 aromatic heterocycles. The third kappa shape index (κ3) is 15.3. The number of hydrogen-bond acceptors (Lipinski definition) is 10. The maximum atomic E-state index is 14.6. The molecule has 0 aliphatic carbocycles. The summed E-state index contributed by atoms with van der Waals surface area (Å²) in [6.07, 6.45) is 3.49. The van der Waals surface area contributed by atoms with Gasteiger partial charge in [-0.15, -0.1) is 0 Å². The molecular formula is C50H76BrN5O11. The van der Waals surface area contributed by atoms with Gasteiger partial charge in [0.1, 0.15) is 6.04 Å². The van der Waals surface area contributed by atoms with E-state index in [1.807, 2.05) is 47.6 Å². The number of hydrogen-bond donors (Lipinski definition) is 2. The van der Waals surface area contributed by atoms with E-state index in [4.69, 9.17) is 9.47 Å². The lowest BCUT2D eigenvalue weighted by atomic mass is 9.83. The average molecular weight is 1000 g/mol. The molecule has 2 aliphatic heterocycles. The fourth-order valence-corrected chi connectivity index (χ4v) is 10.1. The lowest BCUT2D eigenvalue weighted by Crippen LogP contribution is -2.55. The van der Waals surface area contributed by atoms with E-state index in [0.717, 1.165) is 5.56 Å². The molecule has 0 spiro atoms. The van der Waals surface area contributed by atoms with E-state index in [0.29, 0.717) is 45.1 Å². The van der Waals surface area contributed by atoms with E-state index in [2.05, 4.69) is 21.2 Å². The number of benzene rings is 1. The molecule has 2 heterocycles. The molecule has 67 heavy (non-hydrogen) atoms. The number of ether oxygens (including phenoxy) is 2. The quantitative estimate of drug-likeness (QED) is 0.0778. The predicted molar refractivity (Wildman–Crippen MR) is 257 cm³/mol. The number of carbonyl (C=O) groups excluding carboxylic acids is 7. The molecule has 3 rings (SSSR count). The zero-order valence-corrected chi connectivity index (χ0v) is 43.1. The summed E-state index contributed by atoms with van der Waals surface area (Å²) in [4.78, 5) is 113. The van der Waals surface area contributed by atoms with E-state index < -0.39 is 60.1 Å². The number of rotatable bonds is 28. The minimum atomic E-state index is -1.16. The maximum Gasteiger partial charge on any atom is 0.326 e. The third-order valence-corrected chi connectivity index (χ3v) is 14.3. The largest absolute Gasteiger partial charge is 0.480 e. The number of Topliss-reactive ketones (excluding diaryl/α,β-unsaturated/α-hetero) is 1. The molecule has 1 aromatic rings. The molecule has 374 valence electrons. The SMILES string of the molecule is CC[C@@H](C)[C@@H]([C@@H](CC(=O)N1CCC[C@H]1[C@H](OC)[C@@H](C)C(=O)N[C@@H](Cc1ccccc1)C(=O)O)OC)N(C)C(=O)[C@@H](CC(=O)[C@H](C(C)C)N(C)C(=O)CCCCCN1C(=O)C=C(Br)C1=O)C(C)C. The summed E-state index contributed by atoms with van der Waals surface area (Å²) in [6.45, 7) is 13.9. The van der Waals surface area contributed by atoms with Crippen molar-refractivity contribution in [2.45, 2.75) is 149 Å². The molecule has 0 unspecified atom stereocenters. The Kier molecular flexibility index (Phi) is 22.8. The Labute approximate surface area is 406 Å². The molecule has 0 radical (unpaired) electrons. The number of nitrogens with one attached hydrogen (secondary N) is 1. The van der Waals surface area contributed by atoms with Crippen molar-refractivity contribution in [2.24, 2.45) is 29.6 Å². The summed E-state index contributed by atoms with van der Waals surface area (Å²) in [7, 11) is 6.30. The number of carboxylic acids is 1. The van der Waals surface area contributed by atoms with Gasteiger partial charge in [-0.05, 0) is 64.9 Å². The number of carbonyl (C=O) groups is 8. The predicted octanol–water partition coefficient (Wildman–Crippen LogP) is 5.64. The van der Waals surface area contributed by atoms with E-state index in [-0.39, 0.29) is 89.8 Å². The summed E-state index contributed by atoms with van der Waals surface area (Å²) < 4.78 is 12.2. The standard InChI is InChI=1S/C50H76BrN5O11/c1-12-32(6)45(40(66-10)29-43(60)55-25-19-22-38(55)46(67-11)33(7)47(61)52-37(50(64)65)26-34-20-15-13-16-21-34)54(9)48(62)35(30(2)3)27-39(57)44(31(4)5)53(8)41(58)23-17-14-18-24-56-42(59)28-36(51)49(56)63/h13,15-16,20-21,28,30-33,35,37-38,40,44-46H,12,14,17-19,22-27,29H2,1-11H3,(H,52,61)(H,64,65)/t32-,33-,35+,37+,38+,40-,44+,45+,46-/m1/s1. The van der Waals surface area contributed by atoms with Crippen molar-refractivity contribution in [2.75, 3.05) is 41.4 Å². The van der Waals surface area contributed by atoms with Crippen LogP contribution in [0, 0.1) is 29.6 Å². The molecule has 2 aliphatic rings. The van der Waals surface area contributed by atoms with Crippen molar-refractivity contribution in [3.8, 4) is 0 Å². The highest BCUT2D eigenvalue weighted by atomic mass is 79.9. The van der Waals surface area contributed by atoms with Gasteiger partial charge in [0.2, 0.25) is 23.6 Å². The van der Waals surface area contributed by atoms with Crippen LogP contribution in [0.1, 0.15) is 112 Å². The Hall–Kier alpha value is -4.48. The van der Waals surface area contributed by atoms with Crippen LogP contribution >= 0.6 is 15.9 Å². The molecule has 16 nitrogen and oxygen atoms in total. The number of likely N-dealkylation sites (N-methyl/N-ethyl adjacent to an activating group) is 2. The Morgan fingerprint density at radius 3 is 2.09 bits per heavy atom. The Morgan fingerprint density at radius 1 is 0.896 bits per heavy atom. The summed E-state index contributed by atoms with van der Waals surface area (Å²) >= 11 is 3.09. The number of likely N-dealkylation sites (tertiary alicyclic amines) is 1. The van der Waals surface area contributed by atoms with Gasteiger partial charge in [0.25, 0.3) is 11.8 Å². The number of halogens is 1. The molecule has 1 saturated heterocycles. The molecule has 0 bridgehead atoms. The van der Waals surface area contributed by atoms with Crippen LogP contribution in [0.3, 0.4) is 0 Å². The van der Waals surface area contributed by atoms with Gasteiger partial charge in [0.05, 0.1) is 47.2 Å². The van der Waals surface area contributed by atoms with Crippen LogP contribution < -0.4 is 5.32 Å². The lowest BCUT2D eigenvalue weighted by Gasteiger charge is -2.41. The van der Waals surface area contributed by atoms with Crippen LogP contribution in [0.15, 0.2) is 40.9 Å². The number of ketones is 1. The summed E-state index contributed by atoms with van der Waals surface area (Å²) in [6, 6.07) is 6.10. The highest BCUT2D eigenvalue weighted by Crippen LogP contribution is 2.31. The zero-order valence-electron chi connectivity index (χ0n) is 41.5. The first-order valence-corrected chi connectivity index (χ1v) is 24.6. The van der Waals surface area contributed by atoms with E-state index >= 15 is 0 Å². The van der Waals surface area contributed by atoms with Gasteiger partial charge in [-0.1, -0.05) is 91.6 Å². The van der Waals surface area contributed by atoms with Gasteiger partial charge in [-0.2, -0.15) is 0 Å². The minimum Gasteiger partial charge on any atom is -0.480 e. The van der Waals surface area contributed by atoms with E-state index in [1.165, 1.54) is 30.1 Å². The molecule has 6 amide bonds. The number of methoxy groups -OCH3 is 2. The fourth-order valence-electron chi connectivity index (χ4n) is 9.64. The normalized spacial score (nSPS) is 18.8. The summed E-state index contributed by atoms with van der Waals surface area (Å²) in [5.74, 6) is -5.41. The van der Waals surface area contributed by atoms with Crippen LogP contribution in [0.4, 0.5) is 0 Å². The molecule has 1 aromatic carbocycles. The molecule has 2 N–H and O–H groups in total. The summed E-state index contributed by atoms with van der Waals surface area (Å²) in [5, 5.41) is 12.6. The van der Waals surface area contributed by atoms with Crippen molar-refractivity contribution in [3.05, 3.63) is 46.5 Å². The third-order valence-electron chi connectivity index (χ3n) is 13.7. The molecule has 17 heteroatoms. The number of amides is 6. The van der Waals surface area contributed by atoms with Crippen LogP contribution in [-0.2, 0) is 54.3 Å². The van der Waals surface area contributed by atoms with E-state index in [1.54, 1.807) is 55.1 Å². The van der Waals surface area contributed by atoms with Crippen molar-refractivity contribution >= 4 is 63.1 Å². The van der Waals surface area contributed by atoms with E-state index in [9.17, 15) is 43.5 Å². The second-order valence-electron chi connectivity index (χ2n) is 19.0. The Morgan fingerprint density at radius 2 is 1.55 bits per heavy atom.